The number of nitrogens with zero attached hydrogens (tertiary/aromatic N) is 1. The number of ether oxygens (including phenoxy) is 7. The lowest BCUT2D eigenvalue weighted by atomic mass is 9.86. The van der Waals surface area contributed by atoms with Crippen LogP contribution in [-0.4, -0.2) is 60.6 Å². The molecule has 0 amide bonds. The molecule has 0 radical (unpaired) electrons. The molecule has 4 heterocycles. The quantitative estimate of drug-likeness (QED) is 0.263. The number of benzene rings is 4. The summed E-state index contributed by atoms with van der Waals surface area (Å²) in [5.41, 5.74) is 6.58. The molecule has 0 fully saturated rings. The van der Waals surface area contributed by atoms with Crippen LogP contribution in [0.2, 0.25) is 0 Å². The van der Waals surface area contributed by atoms with E-state index < -0.39 is 0 Å². The molecule has 1 N–H and O–H groups in total. The first kappa shape index (κ1) is 30.1. The number of rotatable bonds is 5. The molecule has 0 saturated carbocycles. The van der Waals surface area contributed by atoms with Crippen LogP contribution in [0.15, 0.2) is 54.6 Å². The molecule has 4 aliphatic rings. The van der Waals surface area contributed by atoms with Gasteiger partial charge in [0.2, 0.25) is 11.5 Å². The van der Waals surface area contributed by atoms with E-state index in [1.165, 1.54) is 5.56 Å². The zero-order valence-electron chi connectivity index (χ0n) is 27.2. The van der Waals surface area contributed by atoms with E-state index in [1.807, 2.05) is 18.2 Å². The van der Waals surface area contributed by atoms with Gasteiger partial charge in [-0.3, -0.25) is 4.90 Å². The number of nitrogens with one attached hydrogen (secondary N) is 1. The molecule has 9 nitrogen and oxygen atoms in total. The highest BCUT2D eigenvalue weighted by Crippen LogP contribution is 2.56. The van der Waals surface area contributed by atoms with Gasteiger partial charge in [0.15, 0.2) is 34.5 Å². The average molecular weight is 625 g/mol. The van der Waals surface area contributed by atoms with Crippen molar-refractivity contribution in [3.05, 3.63) is 88.0 Å². The van der Waals surface area contributed by atoms with E-state index in [2.05, 4.69) is 53.7 Å². The van der Waals surface area contributed by atoms with Crippen molar-refractivity contribution in [1.29, 1.82) is 0 Å². The Morgan fingerprint density at radius 3 is 2.20 bits per heavy atom. The van der Waals surface area contributed by atoms with E-state index in [9.17, 15) is 0 Å². The van der Waals surface area contributed by atoms with Crippen LogP contribution >= 0.6 is 0 Å². The zero-order chi connectivity index (χ0) is 31.9. The molecule has 240 valence electrons. The van der Waals surface area contributed by atoms with Gasteiger partial charge in [0.25, 0.3) is 0 Å². The van der Waals surface area contributed by atoms with E-state index in [4.69, 9.17) is 33.2 Å². The van der Waals surface area contributed by atoms with Crippen molar-refractivity contribution in [2.24, 2.45) is 0 Å². The van der Waals surface area contributed by atoms with Gasteiger partial charge in [0, 0.05) is 30.3 Å². The number of likely N-dealkylation sites (N-methyl/N-ethyl adjacent to an activating group) is 1. The molecular formula is C37H40N2O7. The van der Waals surface area contributed by atoms with E-state index in [-0.39, 0.29) is 12.1 Å². The second-order valence-electron chi connectivity index (χ2n) is 11.9. The standard InChI is InChI=1S/C37H40N2O7/c1-39-16-14-25-32-27(39)17-21-7-12-28(40-2)30(18-21)45-24-10-8-22(9-11-24)33-26-20-31(29(41-3)19-23(26)13-15-38-33)46-35(32)37(44-6)36(43-5)34(25)42-4/h7-12,18-20,27,33,38H,13-17H2,1-6H3/t27-,33+/m0/s1. The molecule has 4 aliphatic heterocycles. The van der Waals surface area contributed by atoms with E-state index in [0.29, 0.717) is 52.4 Å². The number of hydrogen-bond acceptors (Lipinski definition) is 9. The Morgan fingerprint density at radius 2 is 1.48 bits per heavy atom. The predicted octanol–water partition coefficient (Wildman–Crippen LogP) is 6.63. The molecule has 9 heteroatoms. The molecule has 0 unspecified atom stereocenters. The minimum absolute atomic E-state index is 0.0419. The molecule has 0 aliphatic carbocycles. The monoisotopic (exact) mass is 624 g/mol. The lowest BCUT2D eigenvalue weighted by Gasteiger charge is -2.37. The SMILES string of the molecule is COc1ccc2cc1Oc1ccc(cc1)[C@H]1NCCc3cc(OC)c(cc31)Oc1c(OC)c(OC)c(OC)c3c1[C@H](C2)N(C)CC3. The van der Waals surface area contributed by atoms with Crippen LogP contribution in [0.4, 0.5) is 0 Å². The van der Waals surface area contributed by atoms with Gasteiger partial charge < -0.3 is 38.5 Å². The lowest BCUT2D eigenvalue weighted by molar-refractivity contribution is 0.216. The average Bonchev–Trinajstić information content (AvgIpc) is 3.08. The number of fused-ring (bicyclic) bond motifs is 2. The van der Waals surface area contributed by atoms with Gasteiger partial charge in [-0.05, 0) is 85.0 Å². The molecule has 0 aromatic heterocycles. The van der Waals surface area contributed by atoms with Crippen LogP contribution < -0.4 is 38.5 Å². The van der Waals surface area contributed by atoms with Crippen LogP contribution in [-0.2, 0) is 19.3 Å². The molecule has 2 atom stereocenters. The molecule has 0 spiro atoms. The largest absolute Gasteiger partial charge is 0.493 e. The van der Waals surface area contributed by atoms with Crippen LogP contribution in [0.3, 0.4) is 0 Å². The highest BCUT2D eigenvalue weighted by atomic mass is 16.6. The first-order valence-corrected chi connectivity index (χ1v) is 15.6. The first-order valence-electron chi connectivity index (χ1n) is 15.6. The number of hydrogen-bond donors (Lipinski definition) is 1. The van der Waals surface area contributed by atoms with Gasteiger partial charge in [-0.1, -0.05) is 18.2 Å². The van der Waals surface area contributed by atoms with E-state index in [1.54, 1.807) is 35.5 Å². The third-order valence-electron chi connectivity index (χ3n) is 9.44. The summed E-state index contributed by atoms with van der Waals surface area (Å²) in [6.07, 6.45) is 2.30. The van der Waals surface area contributed by atoms with Crippen LogP contribution in [0.25, 0.3) is 0 Å². The molecule has 46 heavy (non-hydrogen) atoms. The molecule has 6 bridgehead atoms. The Labute approximate surface area is 269 Å². The summed E-state index contributed by atoms with van der Waals surface area (Å²) in [6.45, 7) is 1.67. The van der Waals surface area contributed by atoms with Gasteiger partial charge in [-0.25, -0.2) is 0 Å². The van der Waals surface area contributed by atoms with Gasteiger partial charge in [0.05, 0.1) is 41.6 Å². The summed E-state index contributed by atoms with van der Waals surface area (Å²) in [5.74, 6) is 5.55. The smallest absolute Gasteiger partial charge is 0.208 e. The fourth-order valence-electron chi connectivity index (χ4n) is 7.15. The van der Waals surface area contributed by atoms with Crippen LogP contribution in [0, 0.1) is 0 Å². The van der Waals surface area contributed by atoms with E-state index in [0.717, 1.165) is 59.5 Å². The fraction of sp³-hybridized carbons (Fsp3) is 0.351. The van der Waals surface area contributed by atoms with Crippen molar-refractivity contribution in [1.82, 2.24) is 10.2 Å². The molecule has 8 rings (SSSR count). The maximum atomic E-state index is 7.02. The molecular weight excluding hydrogens is 584 g/mol. The summed E-state index contributed by atoms with van der Waals surface area (Å²) in [6, 6.07) is 18.4. The Hall–Kier alpha value is -4.60. The first-order chi connectivity index (χ1) is 22.5. The number of methoxy groups -OCH3 is 5. The normalized spacial score (nSPS) is 18.4. The summed E-state index contributed by atoms with van der Waals surface area (Å²) < 4.78 is 43.2. The van der Waals surface area contributed by atoms with Crippen molar-refractivity contribution >= 4 is 0 Å². The summed E-state index contributed by atoms with van der Waals surface area (Å²) in [4.78, 5) is 2.35. The van der Waals surface area contributed by atoms with E-state index >= 15 is 0 Å². The Bertz CT molecular complexity index is 1770. The summed E-state index contributed by atoms with van der Waals surface area (Å²) >= 11 is 0. The van der Waals surface area contributed by atoms with Gasteiger partial charge in [-0.15, -0.1) is 0 Å². The minimum Gasteiger partial charge on any atom is -0.493 e. The topological polar surface area (TPSA) is 79.9 Å². The van der Waals surface area contributed by atoms with Gasteiger partial charge >= 0.3 is 0 Å². The molecule has 4 aromatic carbocycles. The highest BCUT2D eigenvalue weighted by Gasteiger charge is 2.37. The van der Waals surface area contributed by atoms with Crippen molar-refractivity contribution in [2.75, 3.05) is 55.7 Å². The Kier molecular flexibility index (Phi) is 8.04. The zero-order valence-corrected chi connectivity index (χ0v) is 27.2. The fourth-order valence-corrected chi connectivity index (χ4v) is 7.15. The highest BCUT2D eigenvalue weighted by molar-refractivity contribution is 5.70. The summed E-state index contributed by atoms with van der Waals surface area (Å²) in [5, 5.41) is 3.71. The maximum Gasteiger partial charge on any atom is 0.208 e. The Balaban J connectivity index is 1.52. The third kappa shape index (κ3) is 5.04. The summed E-state index contributed by atoms with van der Waals surface area (Å²) in [7, 11) is 10.4. The lowest BCUT2D eigenvalue weighted by Crippen LogP contribution is -2.34. The maximum absolute atomic E-state index is 7.02. The van der Waals surface area contributed by atoms with Crippen molar-refractivity contribution in [2.45, 2.75) is 31.3 Å². The molecule has 0 saturated heterocycles. The second kappa shape index (κ2) is 12.3. The van der Waals surface area contributed by atoms with Gasteiger partial charge in [-0.2, -0.15) is 0 Å². The van der Waals surface area contributed by atoms with Crippen LogP contribution in [0.5, 0.6) is 51.7 Å². The second-order valence-corrected chi connectivity index (χ2v) is 11.9. The van der Waals surface area contributed by atoms with Crippen molar-refractivity contribution in [3.8, 4) is 51.7 Å². The third-order valence-corrected chi connectivity index (χ3v) is 9.44. The van der Waals surface area contributed by atoms with Gasteiger partial charge in [0.1, 0.15) is 5.75 Å². The predicted molar refractivity (Wildman–Crippen MR) is 175 cm³/mol. The minimum atomic E-state index is -0.0821. The van der Waals surface area contributed by atoms with Crippen molar-refractivity contribution < 1.29 is 33.2 Å². The molecule has 4 aromatic rings. The van der Waals surface area contributed by atoms with Crippen LogP contribution in [0.1, 0.15) is 45.5 Å². The Morgan fingerprint density at radius 1 is 0.739 bits per heavy atom. The van der Waals surface area contributed by atoms with Crippen molar-refractivity contribution in [3.63, 3.8) is 0 Å².